The van der Waals surface area contributed by atoms with Crippen molar-refractivity contribution in [3.63, 3.8) is 0 Å². The lowest BCUT2D eigenvalue weighted by Crippen LogP contribution is -2.48. The molecule has 6 heteroatoms. The smallest absolute Gasteiger partial charge is 0.341 e. The molecule has 3 atom stereocenters. The van der Waals surface area contributed by atoms with Gasteiger partial charge >= 0.3 is 5.97 Å². The van der Waals surface area contributed by atoms with Crippen LogP contribution in [0.5, 0.6) is 5.75 Å². The van der Waals surface area contributed by atoms with Gasteiger partial charge in [0.25, 0.3) is 5.91 Å². The molecule has 0 saturated heterocycles. The van der Waals surface area contributed by atoms with Gasteiger partial charge in [-0.25, -0.2) is 4.79 Å². The summed E-state index contributed by atoms with van der Waals surface area (Å²) in [5.41, 5.74) is 0.0295. The number of esters is 1. The number of amides is 1. The molecule has 0 radical (unpaired) electrons. The highest BCUT2D eigenvalue weighted by Gasteiger charge is 2.42. The lowest BCUT2D eigenvalue weighted by molar-refractivity contribution is -0.147. The molecular weight excluding hydrogens is 370 g/mol. The van der Waals surface area contributed by atoms with Gasteiger partial charge in [0.15, 0.2) is 0 Å². The summed E-state index contributed by atoms with van der Waals surface area (Å²) in [6.07, 6.45) is 4.26. The minimum Gasteiger partial charge on any atom is -0.490 e. The molecule has 2 rings (SSSR count). The molecule has 1 N–H and O–H groups in total. The SMILES string of the molecule is CCOC(=O)c1cc(NC(=O)C2(OCC)CCCC(C)C2)ccc1OC(C)CC. The summed E-state index contributed by atoms with van der Waals surface area (Å²) < 4.78 is 17.0. The molecule has 162 valence electrons. The van der Waals surface area contributed by atoms with Gasteiger partial charge in [0.1, 0.15) is 16.9 Å². The van der Waals surface area contributed by atoms with E-state index in [1.54, 1.807) is 25.1 Å². The van der Waals surface area contributed by atoms with Crippen LogP contribution in [0.2, 0.25) is 0 Å². The molecule has 1 amide bonds. The fourth-order valence-corrected chi connectivity index (χ4v) is 3.81. The molecular formula is C23H35NO5. The van der Waals surface area contributed by atoms with E-state index in [-0.39, 0.29) is 18.6 Å². The van der Waals surface area contributed by atoms with Gasteiger partial charge in [-0.1, -0.05) is 20.3 Å². The predicted octanol–water partition coefficient (Wildman–Crippen LogP) is 4.96. The van der Waals surface area contributed by atoms with Crippen LogP contribution in [0.15, 0.2) is 18.2 Å². The highest BCUT2D eigenvalue weighted by molar-refractivity contribution is 5.99. The zero-order valence-corrected chi connectivity index (χ0v) is 18.4. The maximum Gasteiger partial charge on any atom is 0.341 e. The largest absolute Gasteiger partial charge is 0.490 e. The summed E-state index contributed by atoms with van der Waals surface area (Å²) >= 11 is 0. The Labute approximate surface area is 174 Å². The maximum absolute atomic E-state index is 13.2. The molecule has 0 bridgehead atoms. The summed E-state index contributed by atoms with van der Waals surface area (Å²) in [4.78, 5) is 25.6. The van der Waals surface area contributed by atoms with Crippen molar-refractivity contribution in [2.24, 2.45) is 5.92 Å². The molecule has 1 saturated carbocycles. The highest BCUT2D eigenvalue weighted by Crippen LogP contribution is 2.36. The number of ether oxygens (including phenoxy) is 3. The topological polar surface area (TPSA) is 73.9 Å². The molecule has 0 aliphatic heterocycles. The van der Waals surface area contributed by atoms with Crippen molar-refractivity contribution in [1.82, 2.24) is 0 Å². The van der Waals surface area contributed by atoms with E-state index < -0.39 is 11.6 Å². The molecule has 6 nitrogen and oxygen atoms in total. The number of rotatable bonds is 9. The molecule has 1 fully saturated rings. The van der Waals surface area contributed by atoms with E-state index in [1.165, 1.54) is 0 Å². The third-order valence-electron chi connectivity index (χ3n) is 5.43. The van der Waals surface area contributed by atoms with Crippen LogP contribution in [0.1, 0.15) is 77.1 Å². The number of carbonyl (C=O) groups excluding carboxylic acids is 2. The zero-order valence-electron chi connectivity index (χ0n) is 18.4. The first-order valence-electron chi connectivity index (χ1n) is 10.8. The van der Waals surface area contributed by atoms with Crippen molar-refractivity contribution in [3.8, 4) is 5.75 Å². The van der Waals surface area contributed by atoms with E-state index in [4.69, 9.17) is 14.2 Å². The standard InChI is InChI=1S/C23H35NO5/c1-6-17(5)29-20-12-11-18(14-19(20)21(25)27-7-2)24-22(26)23(28-8-3)13-9-10-16(4)15-23/h11-12,14,16-17H,6-10,13,15H2,1-5H3,(H,24,26). The second-order valence-corrected chi connectivity index (χ2v) is 7.85. The monoisotopic (exact) mass is 405 g/mol. The molecule has 1 aliphatic carbocycles. The van der Waals surface area contributed by atoms with Crippen LogP contribution in [0.25, 0.3) is 0 Å². The van der Waals surface area contributed by atoms with Gasteiger partial charge in [-0.15, -0.1) is 0 Å². The van der Waals surface area contributed by atoms with Crippen molar-refractivity contribution in [2.45, 2.75) is 78.4 Å². The second kappa shape index (κ2) is 10.6. The molecule has 29 heavy (non-hydrogen) atoms. The Kier molecular flexibility index (Phi) is 8.50. The zero-order chi connectivity index (χ0) is 21.4. The van der Waals surface area contributed by atoms with Gasteiger partial charge in [-0.3, -0.25) is 4.79 Å². The Bertz CT molecular complexity index is 701. The Morgan fingerprint density at radius 2 is 2.00 bits per heavy atom. The second-order valence-electron chi connectivity index (χ2n) is 7.85. The van der Waals surface area contributed by atoms with Crippen molar-refractivity contribution >= 4 is 17.6 Å². The van der Waals surface area contributed by atoms with Crippen LogP contribution in [0.3, 0.4) is 0 Å². The predicted molar refractivity (Wildman–Crippen MR) is 113 cm³/mol. The highest BCUT2D eigenvalue weighted by atomic mass is 16.5. The van der Waals surface area contributed by atoms with E-state index in [0.717, 1.165) is 19.3 Å². The number of anilines is 1. The molecule has 3 unspecified atom stereocenters. The van der Waals surface area contributed by atoms with Crippen molar-refractivity contribution < 1.29 is 23.8 Å². The third-order valence-corrected chi connectivity index (χ3v) is 5.43. The van der Waals surface area contributed by atoms with E-state index in [0.29, 0.717) is 42.4 Å². The van der Waals surface area contributed by atoms with Crippen molar-refractivity contribution in [3.05, 3.63) is 23.8 Å². The van der Waals surface area contributed by atoms with E-state index in [2.05, 4.69) is 12.2 Å². The Balaban J connectivity index is 2.27. The first-order chi connectivity index (χ1) is 13.8. The van der Waals surface area contributed by atoms with Crippen LogP contribution in [-0.2, 0) is 14.3 Å². The molecule has 0 spiro atoms. The van der Waals surface area contributed by atoms with E-state index in [1.807, 2.05) is 20.8 Å². The van der Waals surface area contributed by atoms with Gasteiger partial charge in [0.05, 0.1) is 12.7 Å². The summed E-state index contributed by atoms with van der Waals surface area (Å²) in [6, 6.07) is 5.09. The van der Waals surface area contributed by atoms with Crippen molar-refractivity contribution in [1.29, 1.82) is 0 Å². The van der Waals surface area contributed by atoms with Crippen LogP contribution in [-0.4, -0.2) is 36.8 Å². The van der Waals surface area contributed by atoms with Gasteiger partial charge in [0.2, 0.25) is 0 Å². The minimum atomic E-state index is -0.817. The first kappa shape index (κ1) is 23.2. The van der Waals surface area contributed by atoms with Crippen LogP contribution < -0.4 is 10.1 Å². The Hall–Kier alpha value is -2.08. The number of hydrogen-bond donors (Lipinski definition) is 1. The number of nitrogens with one attached hydrogen (secondary N) is 1. The molecule has 0 aromatic heterocycles. The fourth-order valence-electron chi connectivity index (χ4n) is 3.81. The maximum atomic E-state index is 13.2. The number of carbonyl (C=O) groups is 2. The average molecular weight is 406 g/mol. The van der Waals surface area contributed by atoms with E-state index >= 15 is 0 Å². The lowest BCUT2D eigenvalue weighted by atomic mass is 9.78. The van der Waals surface area contributed by atoms with Crippen LogP contribution in [0, 0.1) is 5.92 Å². The van der Waals surface area contributed by atoms with Crippen LogP contribution in [0.4, 0.5) is 5.69 Å². The number of hydrogen-bond acceptors (Lipinski definition) is 5. The summed E-state index contributed by atoms with van der Waals surface area (Å²) in [7, 11) is 0. The first-order valence-corrected chi connectivity index (χ1v) is 10.8. The third kappa shape index (κ3) is 5.95. The molecule has 1 aromatic carbocycles. The minimum absolute atomic E-state index is 0.0337. The quantitative estimate of drug-likeness (QED) is 0.588. The van der Waals surface area contributed by atoms with Crippen molar-refractivity contribution in [2.75, 3.05) is 18.5 Å². The summed E-state index contributed by atoms with van der Waals surface area (Å²) in [5, 5.41) is 2.96. The average Bonchev–Trinajstić information content (AvgIpc) is 2.69. The van der Waals surface area contributed by atoms with Crippen LogP contribution >= 0.6 is 0 Å². The molecule has 0 heterocycles. The molecule has 1 aliphatic rings. The van der Waals surface area contributed by atoms with Gasteiger partial charge in [-0.05, 0) is 70.6 Å². The normalized spacial score (nSPS) is 22.6. The summed E-state index contributed by atoms with van der Waals surface area (Å²) in [6.45, 7) is 10.5. The van der Waals surface area contributed by atoms with Gasteiger partial charge in [-0.2, -0.15) is 0 Å². The Morgan fingerprint density at radius 1 is 1.24 bits per heavy atom. The van der Waals surface area contributed by atoms with E-state index in [9.17, 15) is 9.59 Å². The fraction of sp³-hybridized carbons (Fsp3) is 0.652. The lowest BCUT2D eigenvalue weighted by Gasteiger charge is -2.38. The Morgan fingerprint density at radius 3 is 2.62 bits per heavy atom. The number of benzene rings is 1. The van der Waals surface area contributed by atoms with Gasteiger partial charge in [0, 0.05) is 12.3 Å². The van der Waals surface area contributed by atoms with Gasteiger partial charge < -0.3 is 19.5 Å². The summed E-state index contributed by atoms with van der Waals surface area (Å²) in [5.74, 6) is 0.271. The molecule has 1 aromatic rings.